The van der Waals surface area contributed by atoms with Gasteiger partial charge in [0.1, 0.15) is 5.75 Å². The first-order valence-electron chi connectivity index (χ1n) is 5.64. The molecular weight excluding hydrogens is 238 g/mol. The number of halogens is 1. The molecule has 1 amide bonds. The SMILES string of the molecule is Cc1c(O)cccc1C(=O)N(CCCl)C(C)C. The highest BCUT2D eigenvalue weighted by molar-refractivity contribution is 6.18. The molecule has 3 nitrogen and oxygen atoms in total. The zero-order valence-corrected chi connectivity index (χ0v) is 11.2. The van der Waals surface area contributed by atoms with Crippen LogP contribution >= 0.6 is 11.6 Å². The van der Waals surface area contributed by atoms with Crippen LogP contribution in [0.4, 0.5) is 0 Å². The Morgan fingerprint density at radius 1 is 1.47 bits per heavy atom. The molecule has 94 valence electrons. The molecule has 1 aromatic carbocycles. The zero-order valence-electron chi connectivity index (χ0n) is 10.4. The fraction of sp³-hybridized carbons (Fsp3) is 0.462. The van der Waals surface area contributed by atoms with Gasteiger partial charge in [-0.25, -0.2) is 0 Å². The smallest absolute Gasteiger partial charge is 0.254 e. The van der Waals surface area contributed by atoms with Gasteiger partial charge in [0.15, 0.2) is 0 Å². The van der Waals surface area contributed by atoms with E-state index in [9.17, 15) is 9.90 Å². The van der Waals surface area contributed by atoms with Crippen molar-refractivity contribution >= 4 is 17.5 Å². The number of amides is 1. The van der Waals surface area contributed by atoms with Crippen LogP contribution in [0.25, 0.3) is 0 Å². The summed E-state index contributed by atoms with van der Waals surface area (Å²) in [6.07, 6.45) is 0. The first-order valence-corrected chi connectivity index (χ1v) is 6.18. The van der Waals surface area contributed by atoms with Gasteiger partial charge in [-0.1, -0.05) is 6.07 Å². The lowest BCUT2D eigenvalue weighted by molar-refractivity contribution is 0.0717. The molecule has 0 spiro atoms. The number of rotatable bonds is 4. The standard InChI is InChI=1S/C13H18ClNO2/c1-9(2)15(8-7-14)13(17)11-5-4-6-12(16)10(11)3/h4-6,9,16H,7-8H2,1-3H3. The summed E-state index contributed by atoms with van der Waals surface area (Å²) in [4.78, 5) is 14.0. The number of phenolic OH excluding ortho intramolecular Hbond substituents is 1. The number of phenols is 1. The molecule has 0 bridgehead atoms. The van der Waals surface area contributed by atoms with Gasteiger partial charge < -0.3 is 10.0 Å². The minimum Gasteiger partial charge on any atom is -0.508 e. The van der Waals surface area contributed by atoms with Gasteiger partial charge in [-0.05, 0) is 32.9 Å². The van der Waals surface area contributed by atoms with Crippen molar-refractivity contribution in [2.24, 2.45) is 0 Å². The van der Waals surface area contributed by atoms with Crippen LogP contribution in [0.15, 0.2) is 18.2 Å². The molecule has 4 heteroatoms. The Morgan fingerprint density at radius 2 is 2.12 bits per heavy atom. The average molecular weight is 256 g/mol. The van der Waals surface area contributed by atoms with Crippen LogP contribution in [0.1, 0.15) is 29.8 Å². The van der Waals surface area contributed by atoms with E-state index in [-0.39, 0.29) is 17.7 Å². The second-order valence-electron chi connectivity index (χ2n) is 4.23. The quantitative estimate of drug-likeness (QED) is 0.841. The van der Waals surface area contributed by atoms with Crippen LogP contribution in [0, 0.1) is 6.92 Å². The Morgan fingerprint density at radius 3 is 2.65 bits per heavy atom. The number of alkyl halides is 1. The van der Waals surface area contributed by atoms with Crippen molar-refractivity contribution in [3.8, 4) is 5.75 Å². The Labute approximate surface area is 107 Å². The molecule has 0 unspecified atom stereocenters. The van der Waals surface area contributed by atoms with Gasteiger partial charge in [-0.3, -0.25) is 4.79 Å². The molecule has 0 radical (unpaired) electrons. The molecule has 0 heterocycles. The summed E-state index contributed by atoms with van der Waals surface area (Å²) in [5.74, 6) is 0.460. The van der Waals surface area contributed by atoms with Gasteiger partial charge in [0, 0.05) is 29.6 Å². The van der Waals surface area contributed by atoms with Crippen molar-refractivity contribution in [3.63, 3.8) is 0 Å². The molecule has 17 heavy (non-hydrogen) atoms. The van der Waals surface area contributed by atoms with Crippen LogP contribution < -0.4 is 0 Å². The van der Waals surface area contributed by atoms with Gasteiger partial charge in [-0.2, -0.15) is 0 Å². The predicted octanol–water partition coefficient (Wildman–Crippen LogP) is 2.79. The molecule has 1 aromatic rings. The maximum atomic E-state index is 12.3. The lowest BCUT2D eigenvalue weighted by Crippen LogP contribution is -2.38. The molecule has 1 rings (SSSR count). The Hall–Kier alpha value is -1.22. The molecule has 0 fully saturated rings. The molecule has 0 saturated carbocycles. The zero-order chi connectivity index (χ0) is 13.0. The molecule has 0 aliphatic rings. The van der Waals surface area contributed by atoms with E-state index in [0.717, 1.165) is 0 Å². The number of nitrogens with zero attached hydrogens (tertiary/aromatic N) is 1. The molecule has 1 N–H and O–H groups in total. The molecule has 0 aromatic heterocycles. The summed E-state index contributed by atoms with van der Waals surface area (Å²) < 4.78 is 0. The van der Waals surface area contributed by atoms with Crippen LogP contribution in [0.3, 0.4) is 0 Å². The summed E-state index contributed by atoms with van der Waals surface area (Å²) in [7, 11) is 0. The first kappa shape index (κ1) is 13.8. The topological polar surface area (TPSA) is 40.5 Å². The van der Waals surface area contributed by atoms with E-state index < -0.39 is 0 Å². The van der Waals surface area contributed by atoms with Crippen LogP contribution in [-0.2, 0) is 0 Å². The summed E-state index contributed by atoms with van der Waals surface area (Å²) in [5.41, 5.74) is 1.14. The van der Waals surface area contributed by atoms with Crippen molar-refractivity contribution in [1.82, 2.24) is 4.90 Å². The predicted molar refractivity (Wildman–Crippen MR) is 69.7 cm³/mol. The Kier molecular flexibility index (Phi) is 4.82. The molecule has 0 aliphatic heterocycles. The number of aromatic hydroxyl groups is 1. The van der Waals surface area contributed by atoms with Crippen LogP contribution in [-0.4, -0.2) is 34.4 Å². The first-order chi connectivity index (χ1) is 7.99. The summed E-state index contributed by atoms with van der Waals surface area (Å²) in [6.45, 7) is 6.14. The summed E-state index contributed by atoms with van der Waals surface area (Å²) >= 11 is 5.70. The van der Waals surface area contributed by atoms with Gasteiger partial charge in [0.25, 0.3) is 5.91 Å². The van der Waals surface area contributed by atoms with Gasteiger partial charge in [0.05, 0.1) is 0 Å². The van der Waals surface area contributed by atoms with Crippen LogP contribution in [0.2, 0.25) is 0 Å². The Balaban J connectivity index is 3.05. The van der Waals surface area contributed by atoms with Crippen molar-refractivity contribution in [2.75, 3.05) is 12.4 Å². The van der Waals surface area contributed by atoms with E-state index in [4.69, 9.17) is 11.6 Å². The highest BCUT2D eigenvalue weighted by Crippen LogP contribution is 2.21. The fourth-order valence-electron chi connectivity index (χ4n) is 1.70. The van der Waals surface area contributed by atoms with E-state index in [1.807, 2.05) is 13.8 Å². The third kappa shape index (κ3) is 3.13. The Bertz CT molecular complexity index is 404. The van der Waals surface area contributed by atoms with Crippen molar-refractivity contribution in [3.05, 3.63) is 29.3 Å². The lowest BCUT2D eigenvalue weighted by atomic mass is 10.1. The lowest BCUT2D eigenvalue weighted by Gasteiger charge is -2.26. The van der Waals surface area contributed by atoms with Gasteiger partial charge in [-0.15, -0.1) is 11.6 Å². The highest BCUT2D eigenvalue weighted by Gasteiger charge is 2.20. The largest absolute Gasteiger partial charge is 0.508 e. The van der Waals surface area contributed by atoms with E-state index in [1.54, 1.807) is 30.0 Å². The number of hydrogen-bond acceptors (Lipinski definition) is 2. The van der Waals surface area contributed by atoms with E-state index in [2.05, 4.69) is 0 Å². The monoisotopic (exact) mass is 255 g/mol. The van der Waals surface area contributed by atoms with Gasteiger partial charge >= 0.3 is 0 Å². The molecule has 0 aliphatic carbocycles. The molecule has 0 atom stereocenters. The maximum absolute atomic E-state index is 12.3. The van der Waals surface area contributed by atoms with E-state index in [0.29, 0.717) is 23.6 Å². The molecular formula is C13H18ClNO2. The summed E-state index contributed by atoms with van der Waals surface area (Å²) in [5, 5.41) is 9.60. The third-order valence-electron chi connectivity index (χ3n) is 2.75. The van der Waals surface area contributed by atoms with Crippen molar-refractivity contribution in [2.45, 2.75) is 26.8 Å². The average Bonchev–Trinajstić information content (AvgIpc) is 2.28. The minimum atomic E-state index is -0.0888. The van der Waals surface area contributed by atoms with E-state index in [1.165, 1.54) is 0 Å². The third-order valence-corrected chi connectivity index (χ3v) is 2.91. The fourth-order valence-corrected chi connectivity index (χ4v) is 1.88. The molecule has 0 saturated heterocycles. The van der Waals surface area contributed by atoms with Gasteiger partial charge in [0.2, 0.25) is 0 Å². The maximum Gasteiger partial charge on any atom is 0.254 e. The second-order valence-corrected chi connectivity index (χ2v) is 4.61. The number of carbonyl (C=O) groups excluding carboxylic acids is 1. The highest BCUT2D eigenvalue weighted by atomic mass is 35.5. The second kappa shape index (κ2) is 5.92. The number of benzene rings is 1. The summed E-state index contributed by atoms with van der Waals surface area (Å²) in [6, 6.07) is 5.06. The number of hydrogen-bond donors (Lipinski definition) is 1. The number of carbonyl (C=O) groups is 1. The normalized spacial score (nSPS) is 10.6. The van der Waals surface area contributed by atoms with Crippen LogP contribution in [0.5, 0.6) is 5.75 Å². The van der Waals surface area contributed by atoms with Crippen molar-refractivity contribution in [1.29, 1.82) is 0 Å². The minimum absolute atomic E-state index is 0.0861. The van der Waals surface area contributed by atoms with Crippen molar-refractivity contribution < 1.29 is 9.90 Å². The van der Waals surface area contributed by atoms with E-state index >= 15 is 0 Å².